The largest absolute Gasteiger partial charge is 0.495 e. The third-order valence-corrected chi connectivity index (χ3v) is 7.10. The fourth-order valence-electron chi connectivity index (χ4n) is 4.90. The quantitative estimate of drug-likeness (QED) is 0.553. The first kappa shape index (κ1) is 24.7. The number of nitrogens with one attached hydrogen (secondary N) is 2. The van der Waals surface area contributed by atoms with Crippen LogP contribution in [0.5, 0.6) is 5.75 Å². The van der Waals surface area contributed by atoms with Crippen LogP contribution in [0.1, 0.15) is 38.2 Å². The molecule has 1 aromatic carbocycles. The van der Waals surface area contributed by atoms with Gasteiger partial charge in [-0.3, -0.25) is 9.91 Å². The Morgan fingerprint density at radius 3 is 2.65 bits per heavy atom. The lowest BCUT2D eigenvalue weighted by Crippen LogP contribution is -2.46. The van der Waals surface area contributed by atoms with E-state index in [0.717, 1.165) is 49.7 Å². The van der Waals surface area contributed by atoms with Gasteiger partial charge in [-0.25, -0.2) is 4.99 Å². The second kappa shape index (κ2) is 10.9. The van der Waals surface area contributed by atoms with E-state index in [9.17, 15) is 0 Å². The van der Waals surface area contributed by atoms with Crippen LogP contribution >= 0.6 is 11.6 Å². The highest BCUT2D eigenvalue weighted by Crippen LogP contribution is 2.33. The lowest BCUT2D eigenvalue weighted by Gasteiger charge is -2.38. The number of rotatable bonds is 9. The minimum absolute atomic E-state index is 0.612. The van der Waals surface area contributed by atoms with E-state index in [1.807, 2.05) is 24.5 Å². The van der Waals surface area contributed by atoms with Crippen molar-refractivity contribution < 1.29 is 4.74 Å². The standard InChI is InChI=1S/C25H38ClN7O/c1-6-7-21-23-24(31(4)29-21)25(27-15-18-8-9-22(34-5)20(26)14-18)28-16-33(23)17-32-12-10-19(11-13-32)30(2)3/h8-9,14,16,19,27,29H,6-7,10-13,15,17H2,1-5H3. The number of hydrogen-bond donors (Lipinski definition) is 2. The van der Waals surface area contributed by atoms with Gasteiger partial charge in [0.2, 0.25) is 0 Å². The molecule has 3 aliphatic rings. The predicted molar refractivity (Wildman–Crippen MR) is 138 cm³/mol. The summed E-state index contributed by atoms with van der Waals surface area (Å²) >= 11 is 6.32. The fraction of sp³-hybridized carbons (Fsp3) is 0.560. The van der Waals surface area contributed by atoms with Crippen molar-refractivity contribution in [3.05, 3.63) is 51.7 Å². The van der Waals surface area contributed by atoms with Gasteiger partial charge in [-0.1, -0.05) is 31.0 Å². The molecule has 0 aromatic heterocycles. The average Bonchev–Trinajstić information content (AvgIpc) is 3.16. The Balaban J connectivity index is 1.51. The summed E-state index contributed by atoms with van der Waals surface area (Å²) in [6.07, 6.45) is 6.47. The number of benzene rings is 1. The van der Waals surface area contributed by atoms with E-state index in [0.29, 0.717) is 23.4 Å². The molecular weight excluding hydrogens is 450 g/mol. The Labute approximate surface area is 208 Å². The lowest BCUT2D eigenvalue weighted by molar-refractivity contribution is 0.120. The number of likely N-dealkylation sites (N-methyl/N-ethyl adjacent to an activating group) is 1. The summed E-state index contributed by atoms with van der Waals surface area (Å²) < 4.78 is 5.27. The Morgan fingerprint density at radius 2 is 2.00 bits per heavy atom. The number of fused-ring (bicyclic) bond motifs is 1. The van der Waals surface area contributed by atoms with Crippen molar-refractivity contribution in [1.29, 1.82) is 0 Å². The van der Waals surface area contributed by atoms with Gasteiger partial charge < -0.3 is 25.3 Å². The molecule has 3 aliphatic heterocycles. The molecule has 34 heavy (non-hydrogen) atoms. The minimum Gasteiger partial charge on any atom is -0.495 e. The monoisotopic (exact) mass is 487 g/mol. The number of hydrogen-bond acceptors (Lipinski definition) is 8. The van der Waals surface area contributed by atoms with Gasteiger partial charge in [-0.15, -0.1) is 0 Å². The maximum absolute atomic E-state index is 6.32. The highest BCUT2D eigenvalue weighted by atomic mass is 35.5. The molecule has 0 saturated carbocycles. The first-order chi connectivity index (χ1) is 16.4. The molecule has 9 heteroatoms. The smallest absolute Gasteiger partial charge is 0.155 e. The number of allylic oxidation sites excluding steroid dienone is 1. The van der Waals surface area contributed by atoms with Gasteiger partial charge in [0.1, 0.15) is 11.4 Å². The summed E-state index contributed by atoms with van der Waals surface area (Å²) in [7, 11) is 8.06. The molecule has 0 unspecified atom stereocenters. The summed E-state index contributed by atoms with van der Waals surface area (Å²) in [6.45, 7) is 5.91. The van der Waals surface area contributed by atoms with E-state index < -0.39 is 0 Å². The SMILES string of the molecule is CCCC1=C2C(=C(NCc3ccc(OC)c(Cl)c3)N=CN2CN2CCC(N(C)C)CC2)N(C)N1. The third kappa shape index (κ3) is 5.29. The van der Waals surface area contributed by atoms with E-state index in [1.54, 1.807) is 7.11 Å². The van der Waals surface area contributed by atoms with Crippen molar-refractivity contribution in [1.82, 2.24) is 30.5 Å². The van der Waals surface area contributed by atoms with Crippen LogP contribution in [-0.4, -0.2) is 80.1 Å². The first-order valence-electron chi connectivity index (χ1n) is 12.1. The summed E-state index contributed by atoms with van der Waals surface area (Å²) in [5, 5.41) is 6.23. The highest BCUT2D eigenvalue weighted by molar-refractivity contribution is 6.32. The molecule has 4 rings (SSSR count). The Hall–Kier alpha value is -2.42. The van der Waals surface area contributed by atoms with Crippen molar-refractivity contribution >= 4 is 17.9 Å². The predicted octanol–water partition coefficient (Wildman–Crippen LogP) is 3.40. The van der Waals surface area contributed by atoms with Crippen LogP contribution in [-0.2, 0) is 6.54 Å². The zero-order valence-corrected chi connectivity index (χ0v) is 21.8. The summed E-state index contributed by atoms with van der Waals surface area (Å²) in [5.74, 6) is 1.55. The van der Waals surface area contributed by atoms with Gasteiger partial charge in [-0.05, 0) is 51.1 Å². The number of ether oxygens (including phenoxy) is 1. The van der Waals surface area contributed by atoms with Crippen LogP contribution in [0.2, 0.25) is 5.02 Å². The molecule has 1 saturated heterocycles. The van der Waals surface area contributed by atoms with Crippen LogP contribution in [0, 0.1) is 0 Å². The molecule has 1 fully saturated rings. The maximum Gasteiger partial charge on any atom is 0.155 e. The molecule has 0 spiro atoms. The summed E-state index contributed by atoms with van der Waals surface area (Å²) in [4.78, 5) is 12.0. The van der Waals surface area contributed by atoms with Gasteiger partial charge in [0.15, 0.2) is 5.82 Å². The number of aliphatic imine (C=N–C) groups is 1. The van der Waals surface area contributed by atoms with Crippen molar-refractivity contribution in [3.8, 4) is 5.75 Å². The van der Waals surface area contributed by atoms with E-state index in [-0.39, 0.29) is 0 Å². The third-order valence-electron chi connectivity index (χ3n) is 6.80. The normalized spacial score (nSPS) is 19.3. The van der Waals surface area contributed by atoms with E-state index in [4.69, 9.17) is 21.3 Å². The van der Waals surface area contributed by atoms with Crippen molar-refractivity contribution in [2.24, 2.45) is 4.99 Å². The van der Waals surface area contributed by atoms with E-state index in [1.165, 1.54) is 24.2 Å². The molecule has 186 valence electrons. The van der Waals surface area contributed by atoms with Crippen LogP contribution in [0.15, 0.2) is 46.1 Å². The number of hydrazine groups is 1. The van der Waals surface area contributed by atoms with Gasteiger partial charge >= 0.3 is 0 Å². The van der Waals surface area contributed by atoms with E-state index in [2.05, 4.69) is 58.5 Å². The van der Waals surface area contributed by atoms with Crippen LogP contribution in [0.25, 0.3) is 0 Å². The van der Waals surface area contributed by atoms with Crippen molar-refractivity contribution in [2.45, 2.75) is 45.2 Å². The second-order valence-corrected chi connectivity index (χ2v) is 9.84. The highest BCUT2D eigenvalue weighted by Gasteiger charge is 2.34. The van der Waals surface area contributed by atoms with Crippen LogP contribution in [0.4, 0.5) is 0 Å². The molecule has 3 heterocycles. The van der Waals surface area contributed by atoms with Gasteiger partial charge in [0.25, 0.3) is 0 Å². The summed E-state index contributed by atoms with van der Waals surface area (Å²) in [5.41, 5.74) is 8.21. The Bertz CT molecular complexity index is 966. The number of methoxy groups -OCH3 is 1. The molecular formula is C25H38ClN7O. The van der Waals surface area contributed by atoms with Gasteiger partial charge in [0.05, 0.1) is 36.5 Å². The minimum atomic E-state index is 0.612. The number of halogens is 1. The first-order valence-corrected chi connectivity index (χ1v) is 12.5. The maximum atomic E-state index is 6.32. The van der Waals surface area contributed by atoms with E-state index >= 15 is 0 Å². The lowest BCUT2D eigenvalue weighted by atomic mass is 10.0. The number of piperidine rings is 1. The Morgan fingerprint density at radius 1 is 1.24 bits per heavy atom. The zero-order chi connectivity index (χ0) is 24.2. The molecule has 8 nitrogen and oxygen atoms in total. The average molecular weight is 488 g/mol. The second-order valence-electron chi connectivity index (χ2n) is 9.44. The number of nitrogens with zero attached hydrogens (tertiary/aromatic N) is 5. The molecule has 0 radical (unpaired) electrons. The van der Waals surface area contributed by atoms with Gasteiger partial charge in [-0.2, -0.15) is 0 Å². The molecule has 0 atom stereocenters. The molecule has 1 aromatic rings. The zero-order valence-electron chi connectivity index (χ0n) is 21.1. The van der Waals surface area contributed by atoms with Crippen LogP contribution < -0.4 is 15.5 Å². The molecule has 0 bridgehead atoms. The van der Waals surface area contributed by atoms with Crippen molar-refractivity contribution in [3.63, 3.8) is 0 Å². The fourth-order valence-corrected chi connectivity index (χ4v) is 5.18. The number of likely N-dealkylation sites (tertiary alicyclic amines) is 1. The summed E-state index contributed by atoms with van der Waals surface area (Å²) in [6, 6.07) is 6.54. The molecule has 0 amide bonds. The topological polar surface area (TPSA) is 58.6 Å². The Kier molecular flexibility index (Phi) is 7.91. The molecule has 2 N–H and O–H groups in total. The molecule has 0 aliphatic carbocycles. The van der Waals surface area contributed by atoms with Crippen molar-refractivity contribution in [2.75, 3.05) is 48.0 Å². The van der Waals surface area contributed by atoms with Crippen LogP contribution in [0.3, 0.4) is 0 Å². The van der Waals surface area contributed by atoms with Gasteiger partial charge in [0, 0.05) is 32.7 Å².